The molecule has 104 valence electrons. The lowest BCUT2D eigenvalue weighted by molar-refractivity contribution is 0.135. The van der Waals surface area contributed by atoms with E-state index < -0.39 is 0 Å². The highest BCUT2D eigenvalue weighted by Gasteiger charge is 2.18. The second-order valence-electron chi connectivity index (χ2n) is 4.24. The molecule has 1 heterocycles. The summed E-state index contributed by atoms with van der Waals surface area (Å²) in [7, 11) is 0. The van der Waals surface area contributed by atoms with Crippen molar-refractivity contribution in [1.29, 1.82) is 0 Å². The molecule has 0 bridgehead atoms. The smallest absolute Gasteiger partial charge is 0.134 e. The Kier molecular flexibility index (Phi) is 7.15. The lowest BCUT2D eigenvalue weighted by Crippen LogP contribution is -2.36. The van der Waals surface area contributed by atoms with Gasteiger partial charge in [0.1, 0.15) is 10.7 Å². The number of nitrogens with zero attached hydrogens (tertiary/aromatic N) is 3. The number of nitrogens with one attached hydrogen (secondary N) is 1. The van der Waals surface area contributed by atoms with Crippen LogP contribution in [-0.2, 0) is 6.54 Å². The molecule has 0 spiro atoms. The minimum atomic E-state index is 0.185. The van der Waals surface area contributed by atoms with Crippen LogP contribution in [0.25, 0.3) is 0 Å². The van der Waals surface area contributed by atoms with E-state index in [4.69, 9.17) is 0 Å². The Labute approximate surface area is 113 Å². The monoisotopic (exact) mass is 272 g/mol. The molecule has 1 aromatic rings. The Morgan fingerprint density at radius 2 is 2.06 bits per heavy atom. The van der Waals surface area contributed by atoms with Gasteiger partial charge in [-0.25, -0.2) is 0 Å². The third kappa shape index (κ3) is 4.19. The fourth-order valence-electron chi connectivity index (χ4n) is 2.12. The molecule has 0 atom stereocenters. The number of rotatable bonds is 9. The van der Waals surface area contributed by atoms with E-state index in [0.717, 1.165) is 36.6 Å². The zero-order valence-corrected chi connectivity index (χ0v) is 12.3. The molecule has 0 unspecified atom stereocenters. The predicted molar refractivity (Wildman–Crippen MR) is 75.9 cm³/mol. The topological polar surface area (TPSA) is 61.3 Å². The molecule has 0 aromatic carbocycles. The van der Waals surface area contributed by atoms with Gasteiger partial charge in [-0.1, -0.05) is 18.3 Å². The zero-order chi connectivity index (χ0) is 13.4. The molecule has 0 saturated carbocycles. The molecule has 1 rings (SSSR count). The van der Waals surface area contributed by atoms with E-state index in [1.54, 1.807) is 0 Å². The van der Waals surface area contributed by atoms with Gasteiger partial charge in [0.15, 0.2) is 0 Å². The Balaban J connectivity index is 2.72. The first-order chi connectivity index (χ1) is 8.76. The van der Waals surface area contributed by atoms with Gasteiger partial charge in [0.2, 0.25) is 0 Å². The highest BCUT2D eigenvalue weighted by molar-refractivity contribution is 7.10. The van der Waals surface area contributed by atoms with Crippen LogP contribution in [0.4, 0.5) is 5.00 Å². The number of aliphatic hydroxyl groups excluding tert-OH is 1. The molecule has 0 aliphatic carbocycles. The maximum atomic E-state index is 9.19. The summed E-state index contributed by atoms with van der Waals surface area (Å²) in [4.78, 5) is 2.29. The van der Waals surface area contributed by atoms with E-state index in [1.807, 2.05) is 0 Å². The van der Waals surface area contributed by atoms with Gasteiger partial charge in [-0.3, -0.25) is 4.90 Å². The van der Waals surface area contributed by atoms with Crippen molar-refractivity contribution in [2.24, 2.45) is 0 Å². The maximum absolute atomic E-state index is 9.19. The first-order valence-corrected chi connectivity index (χ1v) is 7.44. The lowest BCUT2D eigenvalue weighted by atomic mass is 10.1. The molecular formula is C12H24N4OS. The van der Waals surface area contributed by atoms with Gasteiger partial charge in [0, 0.05) is 37.2 Å². The van der Waals surface area contributed by atoms with Crippen molar-refractivity contribution in [1.82, 2.24) is 14.5 Å². The van der Waals surface area contributed by atoms with E-state index in [9.17, 15) is 5.11 Å². The fourth-order valence-corrected chi connectivity index (χ4v) is 2.76. The zero-order valence-electron chi connectivity index (χ0n) is 11.5. The van der Waals surface area contributed by atoms with E-state index in [0.29, 0.717) is 12.6 Å². The molecule has 0 fully saturated rings. The first kappa shape index (κ1) is 15.3. The molecule has 1 aromatic heterocycles. The fraction of sp³-hybridized carbons (Fsp3) is 0.833. The normalized spacial score (nSPS) is 11.4. The molecule has 5 nitrogen and oxygen atoms in total. The third-order valence-electron chi connectivity index (χ3n) is 3.09. The number of anilines is 1. The summed E-state index contributed by atoms with van der Waals surface area (Å²) in [6, 6.07) is 0.494. The summed E-state index contributed by atoms with van der Waals surface area (Å²) in [5, 5.41) is 17.7. The standard InChI is InChI=1S/C12H24N4OS/c1-4-10(5-2)16(7-8-17)9-11-12(13-6-3)18-15-14-11/h10,13,17H,4-9H2,1-3H3. The van der Waals surface area contributed by atoms with Gasteiger partial charge in [0.25, 0.3) is 0 Å². The van der Waals surface area contributed by atoms with Gasteiger partial charge in [0.05, 0.1) is 6.61 Å². The van der Waals surface area contributed by atoms with Crippen LogP contribution in [0.15, 0.2) is 0 Å². The van der Waals surface area contributed by atoms with E-state index in [1.165, 1.54) is 11.5 Å². The van der Waals surface area contributed by atoms with Crippen LogP contribution < -0.4 is 5.32 Å². The summed E-state index contributed by atoms with van der Waals surface area (Å²) in [5.74, 6) is 0. The molecule has 0 saturated heterocycles. The molecule has 0 aliphatic rings. The molecule has 6 heteroatoms. The summed E-state index contributed by atoms with van der Waals surface area (Å²) in [6.45, 7) is 8.94. The molecule has 0 amide bonds. The molecule has 18 heavy (non-hydrogen) atoms. The SMILES string of the molecule is CCNc1snnc1CN(CCO)C(CC)CC. The first-order valence-electron chi connectivity index (χ1n) is 6.66. The van der Waals surface area contributed by atoms with Gasteiger partial charge >= 0.3 is 0 Å². The highest BCUT2D eigenvalue weighted by atomic mass is 32.1. The van der Waals surface area contributed by atoms with Crippen molar-refractivity contribution in [3.63, 3.8) is 0 Å². The second kappa shape index (κ2) is 8.39. The van der Waals surface area contributed by atoms with E-state index in [-0.39, 0.29) is 6.61 Å². The van der Waals surface area contributed by atoms with Crippen molar-refractivity contribution in [2.45, 2.75) is 46.2 Å². The average Bonchev–Trinajstić information content (AvgIpc) is 2.79. The predicted octanol–water partition coefficient (Wildman–Crippen LogP) is 1.95. The number of hydrogen-bond acceptors (Lipinski definition) is 6. The number of hydrogen-bond donors (Lipinski definition) is 2. The molecular weight excluding hydrogens is 248 g/mol. The summed E-state index contributed by atoms with van der Waals surface area (Å²) in [6.07, 6.45) is 2.18. The molecule has 0 aliphatic heterocycles. The summed E-state index contributed by atoms with van der Waals surface area (Å²) >= 11 is 1.40. The maximum Gasteiger partial charge on any atom is 0.134 e. The van der Waals surface area contributed by atoms with Crippen LogP contribution >= 0.6 is 11.5 Å². The molecule has 2 N–H and O–H groups in total. The van der Waals surface area contributed by atoms with Crippen molar-refractivity contribution >= 4 is 16.5 Å². The van der Waals surface area contributed by atoms with Gasteiger partial charge in [-0.05, 0) is 19.8 Å². The van der Waals surface area contributed by atoms with Crippen LogP contribution in [0.1, 0.15) is 39.3 Å². The Bertz CT molecular complexity index is 328. The largest absolute Gasteiger partial charge is 0.395 e. The third-order valence-corrected chi connectivity index (χ3v) is 3.82. The van der Waals surface area contributed by atoms with E-state index in [2.05, 4.69) is 40.6 Å². The molecule has 0 radical (unpaired) electrons. The Hall–Kier alpha value is -0.720. The van der Waals surface area contributed by atoms with Crippen LogP contribution in [0.2, 0.25) is 0 Å². The van der Waals surface area contributed by atoms with Crippen molar-refractivity contribution in [2.75, 3.05) is 25.0 Å². The van der Waals surface area contributed by atoms with Crippen LogP contribution in [0.5, 0.6) is 0 Å². The Morgan fingerprint density at radius 3 is 2.61 bits per heavy atom. The minimum absolute atomic E-state index is 0.185. The number of aliphatic hydroxyl groups is 1. The summed E-state index contributed by atoms with van der Waals surface area (Å²) < 4.78 is 4.00. The lowest BCUT2D eigenvalue weighted by Gasteiger charge is -2.29. The van der Waals surface area contributed by atoms with Crippen molar-refractivity contribution in [3.05, 3.63) is 5.69 Å². The van der Waals surface area contributed by atoms with Crippen molar-refractivity contribution in [3.8, 4) is 0 Å². The average molecular weight is 272 g/mol. The van der Waals surface area contributed by atoms with Gasteiger partial charge < -0.3 is 10.4 Å². The quantitative estimate of drug-likeness (QED) is 0.719. The minimum Gasteiger partial charge on any atom is -0.395 e. The van der Waals surface area contributed by atoms with E-state index >= 15 is 0 Å². The van der Waals surface area contributed by atoms with Crippen LogP contribution in [-0.4, -0.2) is 45.3 Å². The summed E-state index contributed by atoms with van der Waals surface area (Å²) in [5.41, 5.74) is 0.988. The Morgan fingerprint density at radius 1 is 1.33 bits per heavy atom. The van der Waals surface area contributed by atoms with Gasteiger partial charge in [-0.15, -0.1) is 5.10 Å². The van der Waals surface area contributed by atoms with Crippen LogP contribution in [0, 0.1) is 0 Å². The van der Waals surface area contributed by atoms with Crippen LogP contribution in [0.3, 0.4) is 0 Å². The highest BCUT2D eigenvalue weighted by Crippen LogP contribution is 2.21. The second-order valence-corrected chi connectivity index (χ2v) is 5.00. The number of aromatic nitrogens is 2. The van der Waals surface area contributed by atoms with Crippen molar-refractivity contribution < 1.29 is 5.11 Å². The van der Waals surface area contributed by atoms with Gasteiger partial charge in [-0.2, -0.15) is 0 Å².